The van der Waals surface area contributed by atoms with Crippen LogP contribution in [-0.2, 0) is 6.54 Å². The summed E-state index contributed by atoms with van der Waals surface area (Å²) >= 11 is 0. The molecule has 24 heavy (non-hydrogen) atoms. The molecule has 8 heteroatoms. The van der Waals surface area contributed by atoms with Crippen LogP contribution in [0.2, 0.25) is 0 Å². The Morgan fingerprint density at radius 1 is 1.21 bits per heavy atom. The van der Waals surface area contributed by atoms with E-state index in [0.717, 1.165) is 6.07 Å². The number of hydrogen-bond acceptors (Lipinski definition) is 5. The Morgan fingerprint density at radius 2 is 1.92 bits per heavy atom. The molecule has 128 valence electrons. The van der Waals surface area contributed by atoms with Crippen LogP contribution in [0.5, 0.6) is 5.75 Å². The van der Waals surface area contributed by atoms with Crippen molar-refractivity contribution >= 4 is 17.1 Å². The minimum absolute atomic E-state index is 0.0929. The zero-order chi connectivity index (χ0) is 17.9. The maximum absolute atomic E-state index is 14.0. The molecule has 0 aliphatic heterocycles. The van der Waals surface area contributed by atoms with Crippen molar-refractivity contribution in [1.29, 1.82) is 0 Å². The summed E-state index contributed by atoms with van der Waals surface area (Å²) in [5, 5.41) is 13.9. The maximum atomic E-state index is 14.0. The number of benzene rings is 2. The number of ether oxygens (including phenoxy) is 1. The number of anilines is 2. The minimum atomic E-state index is -0.823. The van der Waals surface area contributed by atoms with Crippen molar-refractivity contribution in [2.24, 2.45) is 0 Å². The topological polar surface area (TPSA) is 67.6 Å². The van der Waals surface area contributed by atoms with Crippen molar-refractivity contribution in [3.05, 3.63) is 57.6 Å². The lowest BCUT2D eigenvalue weighted by atomic mass is 10.1. The van der Waals surface area contributed by atoms with Gasteiger partial charge in [-0.3, -0.25) is 10.1 Å². The first-order chi connectivity index (χ1) is 11.3. The number of nitro benzene ring substituents is 1. The molecule has 1 N–H and O–H groups in total. The Morgan fingerprint density at radius 3 is 2.46 bits per heavy atom. The fourth-order valence-corrected chi connectivity index (χ4v) is 2.21. The summed E-state index contributed by atoms with van der Waals surface area (Å²) in [6.07, 6.45) is 0. The second-order valence-corrected chi connectivity index (χ2v) is 5.29. The first kappa shape index (κ1) is 17.5. The summed E-state index contributed by atoms with van der Waals surface area (Å²) in [5.41, 5.74) is 0.706. The van der Waals surface area contributed by atoms with Crippen molar-refractivity contribution in [2.45, 2.75) is 6.54 Å². The van der Waals surface area contributed by atoms with Gasteiger partial charge in [0.1, 0.15) is 11.5 Å². The standard InChI is InChI=1S/C16H17F2N3O3/c1-20(2)14-5-4-10(6-11(14)17)9-19-13-8-16(24-3)12(18)7-15(13)21(22)23/h4-8,19H,9H2,1-3H3. The third kappa shape index (κ3) is 3.70. The zero-order valence-corrected chi connectivity index (χ0v) is 13.5. The molecule has 0 fully saturated rings. The third-order valence-corrected chi connectivity index (χ3v) is 3.44. The van der Waals surface area contributed by atoms with E-state index in [0.29, 0.717) is 11.3 Å². The van der Waals surface area contributed by atoms with Crippen LogP contribution in [0.3, 0.4) is 0 Å². The van der Waals surface area contributed by atoms with Crippen LogP contribution >= 0.6 is 0 Å². The molecule has 0 spiro atoms. The van der Waals surface area contributed by atoms with E-state index in [4.69, 9.17) is 4.74 Å². The van der Waals surface area contributed by atoms with E-state index in [9.17, 15) is 18.9 Å². The number of rotatable bonds is 6. The van der Waals surface area contributed by atoms with Crippen LogP contribution in [0, 0.1) is 21.7 Å². The van der Waals surface area contributed by atoms with Gasteiger partial charge in [0.05, 0.1) is 23.8 Å². The van der Waals surface area contributed by atoms with E-state index in [2.05, 4.69) is 5.32 Å². The molecule has 0 atom stereocenters. The molecule has 0 heterocycles. The molecule has 0 aromatic heterocycles. The van der Waals surface area contributed by atoms with Gasteiger partial charge < -0.3 is 15.0 Å². The smallest absolute Gasteiger partial charge is 0.295 e. The molecule has 2 aromatic carbocycles. The molecule has 6 nitrogen and oxygen atoms in total. The summed E-state index contributed by atoms with van der Waals surface area (Å²) in [7, 11) is 4.72. The second kappa shape index (κ2) is 7.12. The monoisotopic (exact) mass is 337 g/mol. The summed E-state index contributed by atoms with van der Waals surface area (Å²) in [6.45, 7) is 0.139. The van der Waals surface area contributed by atoms with Gasteiger partial charge in [0.15, 0.2) is 11.6 Å². The van der Waals surface area contributed by atoms with Gasteiger partial charge in [-0.2, -0.15) is 0 Å². The summed E-state index contributed by atoms with van der Waals surface area (Å²) in [5.74, 6) is -1.33. The van der Waals surface area contributed by atoms with E-state index in [-0.39, 0.29) is 18.0 Å². The molecular formula is C16H17F2N3O3. The molecular weight excluding hydrogens is 320 g/mol. The lowest BCUT2D eigenvalue weighted by Crippen LogP contribution is -2.11. The number of methoxy groups -OCH3 is 1. The van der Waals surface area contributed by atoms with Crippen LogP contribution in [0.4, 0.5) is 25.8 Å². The number of hydrogen-bond donors (Lipinski definition) is 1. The van der Waals surface area contributed by atoms with Gasteiger partial charge in [-0.05, 0) is 17.7 Å². The first-order valence-corrected chi connectivity index (χ1v) is 7.05. The zero-order valence-electron chi connectivity index (χ0n) is 13.5. The van der Waals surface area contributed by atoms with Gasteiger partial charge in [0, 0.05) is 26.7 Å². The predicted octanol–water partition coefficient (Wildman–Crippen LogP) is 3.56. The van der Waals surface area contributed by atoms with Crippen molar-refractivity contribution < 1.29 is 18.4 Å². The van der Waals surface area contributed by atoms with E-state index in [1.165, 1.54) is 19.2 Å². The molecule has 0 saturated carbocycles. The molecule has 0 aliphatic carbocycles. The van der Waals surface area contributed by atoms with E-state index >= 15 is 0 Å². The average Bonchev–Trinajstić information content (AvgIpc) is 2.52. The highest BCUT2D eigenvalue weighted by Crippen LogP contribution is 2.32. The lowest BCUT2D eigenvalue weighted by molar-refractivity contribution is -0.384. The van der Waals surface area contributed by atoms with E-state index in [1.807, 2.05) is 0 Å². The highest BCUT2D eigenvalue weighted by molar-refractivity contribution is 5.64. The van der Waals surface area contributed by atoms with Gasteiger partial charge >= 0.3 is 0 Å². The van der Waals surface area contributed by atoms with Gasteiger partial charge in [0.2, 0.25) is 0 Å². The summed E-state index contributed by atoms with van der Waals surface area (Å²) in [4.78, 5) is 12.0. The van der Waals surface area contributed by atoms with Crippen LogP contribution in [0.25, 0.3) is 0 Å². The fourth-order valence-electron chi connectivity index (χ4n) is 2.21. The predicted molar refractivity (Wildman–Crippen MR) is 87.7 cm³/mol. The first-order valence-electron chi connectivity index (χ1n) is 7.05. The van der Waals surface area contributed by atoms with Gasteiger partial charge in [-0.1, -0.05) is 6.07 Å². The van der Waals surface area contributed by atoms with Crippen molar-refractivity contribution in [2.75, 3.05) is 31.4 Å². The molecule has 0 radical (unpaired) electrons. The number of halogens is 2. The van der Waals surface area contributed by atoms with Crippen molar-refractivity contribution in [3.8, 4) is 5.75 Å². The number of nitrogens with one attached hydrogen (secondary N) is 1. The molecule has 0 saturated heterocycles. The quantitative estimate of drug-likeness (QED) is 0.645. The maximum Gasteiger partial charge on any atom is 0.295 e. The highest BCUT2D eigenvalue weighted by Gasteiger charge is 2.19. The Kier molecular flexibility index (Phi) is 5.18. The Balaban J connectivity index is 2.25. The molecule has 0 bridgehead atoms. The van der Waals surface area contributed by atoms with Gasteiger partial charge in [-0.15, -0.1) is 0 Å². The van der Waals surface area contributed by atoms with Crippen molar-refractivity contribution in [1.82, 2.24) is 0 Å². The van der Waals surface area contributed by atoms with Crippen LogP contribution in [0.1, 0.15) is 5.56 Å². The number of nitrogens with zero attached hydrogens (tertiary/aromatic N) is 2. The Hall–Kier alpha value is -2.90. The van der Waals surface area contributed by atoms with Crippen LogP contribution < -0.4 is 15.0 Å². The number of nitro groups is 1. The molecule has 0 amide bonds. The SMILES string of the molecule is COc1cc(NCc2ccc(N(C)C)c(F)c2)c([N+](=O)[O-])cc1F. The van der Waals surface area contributed by atoms with Crippen LogP contribution in [0.15, 0.2) is 30.3 Å². The molecule has 0 aliphatic rings. The summed E-state index contributed by atoms with van der Waals surface area (Å²) in [6, 6.07) is 6.66. The fraction of sp³-hybridized carbons (Fsp3) is 0.250. The van der Waals surface area contributed by atoms with Crippen LogP contribution in [-0.4, -0.2) is 26.1 Å². The normalized spacial score (nSPS) is 10.4. The molecule has 2 rings (SSSR count). The molecule has 0 unspecified atom stereocenters. The van der Waals surface area contributed by atoms with Gasteiger partial charge in [0.25, 0.3) is 5.69 Å². The second-order valence-electron chi connectivity index (χ2n) is 5.29. The minimum Gasteiger partial charge on any atom is -0.494 e. The Bertz CT molecular complexity index is 766. The van der Waals surface area contributed by atoms with Crippen molar-refractivity contribution in [3.63, 3.8) is 0 Å². The largest absolute Gasteiger partial charge is 0.494 e. The Labute approximate surface area is 137 Å². The van der Waals surface area contributed by atoms with Gasteiger partial charge in [-0.25, -0.2) is 8.78 Å². The lowest BCUT2D eigenvalue weighted by Gasteiger charge is -2.15. The summed E-state index contributed by atoms with van der Waals surface area (Å²) < 4.78 is 32.4. The average molecular weight is 337 g/mol. The van der Waals surface area contributed by atoms with E-state index in [1.54, 1.807) is 31.1 Å². The molecule has 2 aromatic rings. The highest BCUT2D eigenvalue weighted by atomic mass is 19.1. The van der Waals surface area contributed by atoms with E-state index < -0.39 is 22.2 Å². The third-order valence-electron chi connectivity index (χ3n) is 3.44.